The molecule has 0 aliphatic heterocycles. The van der Waals surface area contributed by atoms with Gasteiger partial charge in [0.1, 0.15) is 6.54 Å². The van der Waals surface area contributed by atoms with Crippen LogP contribution in [0, 0.1) is 0 Å². The molecule has 0 spiro atoms. The molecule has 3 heteroatoms. The number of hydrogen-bond donors (Lipinski definition) is 1. The fraction of sp³-hybridized carbons (Fsp3) is 1.00. The lowest BCUT2D eigenvalue weighted by Crippen LogP contribution is -3.00. The Morgan fingerprint density at radius 1 is 0.565 bits per heavy atom. The minimum Gasteiger partial charge on any atom is -1.00 e. The van der Waals surface area contributed by atoms with Crippen molar-refractivity contribution in [2.45, 2.75) is 96.8 Å². The van der Waals surface area contributed by atoms with Crippen molar-refractivity contribution in [1.82, 2.24) is 0 Å². The molecule has 0 atom stereocenters. The molecule has 0 aromatic heterocycles. The van der Waals surface area contributed by atoms with Crippen molar-refractivity contribution in [2.24, 2.45) is 0 Å². The molecule has 0 bridgehead atoms. The van der Waals surface area contributed by atoms with Crippen molar-refractivity contribution in [3.05, 3.63) is 0 Å². The highest BCUT2D eigenvalue weighted by Gasteiger charge is 2.12. The van der Waals surface area contributed by atoms with E-state index in [4.69, 9.17) is 5.11 Å². The summed E-state index contributed by atoms with van der Waals surface area (Å²) in [4.78, 5) is 0. The summed E-state index contributed by atoms with van der Waals surface area (Å²) in [6.07, 6.45) is 19.9. The van der Waals surface area contributed by atoms with Crippen LogP contribution in [-0.4, -0.2) is 43.4 Å². The smallest absolute Gasteiger partial charge is 0.102 e. The summed E-state index contributed by atoms with van der Waals surface area (Å²) in [5.41, 5.74) is 0. The third-order valence-electron chi connectivity index (χ3n) is 4.82. The van der Waals surface area contributed by atoms with Gasteiger partial charge in [0.05, 0.1) is 27.2 Å². The third kappa shape index (κ3) is 20.2. The molecular weight excluding hydrogens is 306 g/mol. The van der Waals surface area contributed by atoms with Gasteiger partial charge in [-0.1, -0.05) is 84.0 Å². The van der Waals surface area contributed by atoms with Crippen LogP contribution in [0.3, 0.4) is 0 Å². The molecule has 0 amide bonds. The average molecular weight is 350 g/mol. The SMILES string of the molecule is CCCCCCCCCCCCCCCC[N+](C)(C)CCO.[Cl-]. The molecule has 0 aliphatic rings. The van der Waals surface area contributed by atoms with Crippen LogP contribution < -0.4 is 12.4 Å². The molecule has 1 N–H and O–H groups in total. The summed E-state index contributed by atoms with van der Waals surface area (Å²) in [7, 11) is 4.44. The minimum absolute atomic E-state index is 0. The van der Waals surface area contributed by atoms with E-state index in [-0.39, 0.29) is 12.4 Å². The van der Waals surface area contributed by atoms with Crippen molar-refractivity contribution in [3.63, 3.8) is 0 Å². The number of unbranched alkanes of at least 4 members (excludes halogenated alkanes) is 13. The van der Waals surface area contributed by atoms with E-state index in [0.29, 0.717) is 6.61 Å². The van der Waals surface area contributed by atoms with Gasteiger partial charge in [-0.3, -0.25) is 0 Å². The monoisotopic (exact) mass is 349 g/mol. The fourth-order valence-corrected chi connectivity index (χ4v) is 3.12. The molecule has 23 heavy (non-hydrogen) atoms. The van der Waals surface area contributed by atoms with Gasteiger partial charge in [-0.05, 0) is 12.8 Å². The molecule has 142 valence electrons. The zero-order valence-corrected chi connectivity index (χ0v) is 17.0. The van der Waals surface area contributed by atoms with E-state index in [0.717, 1.165) is 11.0 Å². The number of aliphatic hydroxyl groups excluding tert-OH is 1. The van der Waals surface area contributed by atoms with E-state index < -0.39 is 0 Å². The lowest BCUT2D eigenvalue weighted by atomic mass is 10.0. The van der Waals surface area contributed by atoms with Gasteiger partial charge in [0.2, 0.25) is 0 Å². The number of rotatable bonds is 17. The third-order valence-corrected chi connectivity index (χ3v) is 4.82. The molecule has 0 radical (unpaired) electrons. The molecule has 0 aliphatic carbocycles. The number of hydrogen-bond acceptors (Lipinski definition) is 1. The standard InChI is InChI=1S/C20H44NO.ClH/c1-4-5-6-7-8-9-10-11-12-13-14-15-16-17-18-21(2,3)19-20-22;/h22H,4-20H2,1-3H3;1H/q+1;/p-1. The van der Waals surface area contributed by atoms with Crippen molar-refractivity contribution < 1.29 is 22.0 Å². The van der Waals surface area contributed by atoms with Crippen LogP contribution in [0.1, 0.15) is 96.8 Å². The number of aliphatic hydroxyl groups is 1. The summed E-state index contributed by atoms with van der Waals surface area (Å²) in [5.74, 6) is 0. The minimum atomic E-state index is 0. The first-order valence-electron chi connectivity index (χ1n) is 10.1. The van der Waals surface area contributed by atoms with Crippen molar-refractivity contribution in [1.29, 1.82) is 0 Å². The lowest BCUT2D eigenvalue weighted by Gasteiger charge is -2.28. The van der Waals surface area contributed by atoms with Gasteiger partial charge >= 0.3 is 0 Å². The zero-order chi connectivity index (χ0) is 16.5. The maximum atomic E-state index is 9.00. The van der Waals surface area contributed by atoms with Crippen molar-refractivity contribution >= 4 is 0 Å². The predicted octanol–water partition coefficient (Wildman–Crippen LogP) is 2.54. The molecule has 0 fully saturated rings. The van der Waals surface area contributed by atoms with E-state index in [1.54, 1.807) is 0 Å². The molecule has 0 saturated heterocycles. The average Bonchev–Trinajstić information content (AvgIpc) is 2.47. The number of halogens is 1. The molecule has 0 aromatic carbocycles. The van der Waals surface area contributed by atoms with Gasteiger partial charge in [-0.25, -0.2) is 0 Å². The van der Waals surface area contributed by atoms with Crippen molar-refractivity contribution in [2.75, 3.05) is 33.8 Å². The molecule has 0 aromatic rings. The fourth-order valence-electron chi connectivity index (χ4n) is 3.12. The van der Waals surface area contributed by atoms with Gasteiger partial charge in [0.15, 0.2) is 0 Å². The van der Waals surface area contributed by atoms with Crippen LogP contribution in [0.15, 0.2) is 0 Å². The van der Waals surface area contributed by atoms with Crippen LogP contribution in [0.5, 0.6) is 0 Å². The number of likely N-dealkylation sites (N-methyl/N-ethyl adjacent to an activating group) is 1. The summed E-state index contributed by atoms with van der Waals surface area (Å²) >= 11 is 0. The Kier molecular flexibility index (Phi) is 20.5. The van der Waals surface area contributed by atoms with Crippen LogP contribution in [0.2, 0.25) is 0 Å². The van der Waals surface area contributed by atoms with Gasteiger partial charge in [-0.15, -0.1) is 0 Å². The second-order valence-electron chi connectivity index (χ2n) is 7.70. The predicted molar refractivity (Wildman–Crippen MR) is 99.2 cm³/mol. The van der Waals surface area contributed by atoms with Crippen molar-refractivity contribution in [3.8, 4) is 0 Å². The summed E-state index contributed by atoms with van der Waals surface area (Å²) in [5, 5.41) is 9.00. The number of quaternary nitrogens is 1. The van der Waals surface area contributed by atoms with E-state index in [1.165, 1.54) is 96.4 Å². The normalized spacial score (nSPS) is 11.5. The summed E-state index contributed by atoms with van der Waals surface area (Å²) in [6.45, 7) is 4.69. The van der Waals surface area contributed by atoms with E-state index >= 15 is 0 Å². The van der Waals surface area contributed by atoms with Crippen LogP contribution in [0.25, 0.3) is 0 Å². The molecule has 0 heterocycles. The van der Waals surface area contributed by atoms with Crippen LogP contribution >= 0.6 is 0 Å². The zero-order valence-electron chi connectivity index (χ0n) is 16.3. The van der Waals surface area contributed by atoms with Gasteiger partial charge in [0, 0.05) is 0 Å². The van der Waals surface area contributed by atoms with Crippen LogP contribution in [-0.2, 0) is 0 Å². The second kappa shape index (κ2) is 18.5. The Bertz CT molecular complexity index is 222. The highest BCUT2D eigenvalue weighted by Crippen LogP contribution is 2.13. The summed E-state index contributed by atoms with van der Waals surface area (Å²) in [6, 6.07) is 0. The topological polar surface area (TPSA) is 20.2 Å². The van der Waals surface area contributed by atoms with Crippen LogP contribution in [0.4, 0.5) is 0 Å². The van der Waals surface area contributed by atoms with E-state index in [9.17, 15) is 0 Å². The largest absolute Gasteiger partial charge is 1.00 e. The molecule has 0 rings (SSSR count). The summed E-state index contributed by atoms with van der Waals surface area (Å²) < 4.78 is 0.967. The first kappa shape index (κ1) is 25.5. The molecule has 0 saturated carbocycles. The van der Waals surface area contributed by atoms with Gasteiger partial charge in [0.25, 0.3) is 0 Å². The second-order valence-corrected chi connectivity index (χ2v) is 7.70. The molecular formula is C20H44ClNO. The Morgan fingerprint density at radius 2 is 0.913 bits per heavy atom. The van der Waals surface area contributed by atoms with Gasteiger partial charge in [-0.2, -0.15) is 0 Å². The van der Waals surface area contributed by atoms with Gasteiger partial charge < -0.3 is 22.0 Å². The highest BCUT2D eigenvalue weighted by molar-refractivity contribution is 4.49. The lowest BCUT2D eigenvalue weighted by molar-refractivity contribution is -0.890. The first-order chi connectivity index (χ1) is 10.6. The molecule has 0 unspecified atom stereocenters. The Morgan fingerprint density at radius 3 is 1.26 bits per heavy atom. The van der Waals surface area contributed by atoms with E-state index in [2.05, 4.69) is 21.0 Å². The maximum Gasteiger partial charge on any atom is 0.102 e. The quantitative estimate of drug-likeness (QED) is 0.316. The Balaban J connectivity index is 0. The Hall–Kier alpha value is 0.210. The first-order valence-corrected chi connectivity index (χ1v) is 10.1. The number of nitrogens with zero attached hydrogens (tertiary/aromatic N) is 1. The van der Waals surface area contributed by atoms with E-state index in [1.807, 2.05) is 0 Å². The maximum absolute atomic E-state index is 9.00. The highest BCUT2D eigenvalue weighted by atomic mass is 35.5. The molecule has 2 nitrogen and oxygen atoms in total. The Labute approximate surface area is 153 Å².